The molecule has 0 radical (unpaired) electrons. The molecule has 0 bridgehead atoms. The summed E-state index contributed by atoms with van der Waals surface area (Å²) in [6.07, 6.45) is 0. The molecule has 128 valence electrons. The lowest BCUT2D eigenvalue weighted by molar-refractivity contribution is 0.0953. The minimum Gasteiger partial charge on any atom is -0.454 e. The van der Waals surface area contributed by atoms with E-state index in [1.54, 1.807) is 6.07 Å². The number of aromatic nitrogens is 2. The summed E-state index contributed by atoms with van der Waals surface area (Å²) < 4.78 is 16.0. The van der Waals surface area contributed by atoms with Crippen LogP contribution in [0.5, 0.6) is 11.5 Å². The third kappa shape index (κ3) is 3.08. The van der Waals surface area contributed by atoms with Crippen LogP contribution >= 0.6 is 11.3 Å². The van der Waals surface area contributed by atoms with Crippen molar-refractivity contribution in [1.29, 1.82) is 0 Å². The van der Waals surface area contributed by atoms with E-state index in [4.69, 9.17) is 14.0 Å². The van der Waals surface area contributed by atoms with E-state index < -0.39 is 0 Å². The molecule has 1 N–H and O–H groups in total. The summed E-state index contributed by atoms with van der Waals surface area (Å²) in [5.41, 5.74) is 2.21. The number of aryl methyl sites for hydroxylation is 2. The van der Waals surface area contributed by atoms with Crippen molar-refractivity contribution < 1.29 is 18.8 Å². The Morgan fingerprint density at radius 2 is 2.08 bits per heavy atom. The second-order valence-corrected chi connectivity index (χ2v) is 6.78. The molecule has 25 heavy (non-hydrogen) atoms. The maximum Gasteiger partial charge on any atom is 0.263 e. The minimum absolute atomic E-state index is 0.157. The zero-order valence-electron chi connectivity index (χ0n) is 13.7. The Hall–Kier alpha value is -2.87. The molecular weight excluding hydrogens is 342 g/mol. The summed E-state index contributed by atoms with van der Waals surface area (Å²) in [7, 11) is 0. The number of thiazole rings is 1. The van der Waals surface area contributed by atoms with Crippen LogP contribution in [0, 0.1) is 13.8 Å². The Labute approximate surface area is 147 Å². The summed E-state index contributed by atoms with van der Waals surface area (Å²) in [5.74, 6) is 1.84. The predicted octanol–water partition coefficient (Wildman–Crippen LogP) is 3.07. The van der Waals surface area contributed by atoms with E-state index in [0.29, 0.717) is 27.8 Å². The largest absolute Gasteiger partial charge is 0.454 e. The lowest BCUT2D eigenvalue weighted by atomic mass is 10.1. The van der Waals surface area contributed by atoms with Gasteiger partial charge in [-0.15, -0.1) is 11.3 Å². The molecule has 0 atom stereocenters. The number of rotatable bonds is 4. The molecule has 0 aliphatic carbocycles. The number of ether oxygens (including phenoxy) is 2. The quantitative estimate of drug-likeness (QED) is 0.772. The molecule has 0 saturated carbocycles. The van der Waals surface area contributed by atoms with Gasteiger partial charge in [-0.1, -0.05) is 5.16 Å². The molecule has 1 aromatic carbocycles. The number of nitrogens with one attached hydrogen (secondary N) is 1. The Morgan fingerprint density at radius 1 is 1.24 bits per heavy atom. The third-order valence-corrected chi connectivity index (χ3v) is 4.83. The number of amides is 1. The van der Waals surface area contributed by atoms with Crippen molar-refractivity contribution in [3.63, 3.8) is 0 Å². The van der Waals surface area contributed by atoms with E-state index in [-0.39, 0.29) is 19.2 Å². The lowest BCUT2D eigenvalue weighted by Crippen LogP contribution is -2.22. The molecule has 4 rings (SSSR count). The summed E-state index contributed by atoms with van der Waals surface area (Å²) in [5, 5.41) is 7.72. The molecule has 1 aliphatic rings. The zero-order chi connectivity index (χ0) is 17.4. The number of hydrogen-bond acceptors (Lipinski definition) is 7. The number of carbonyl (C=O) groups excluding carboxylic acids is 1. The molecule has 2 aromatic heterocycles. The highest BCUT2D eigenvalue weighted by molar-refractivity contribution is 7.13. The van der Waals surface area contributed by atoms with Crippen LogP contribution in [-0.4, -0.2) is 22.8 Å². The van der Waals surface area contributed by atoms with E-state index in [1.807, 2.05) is 32.0 Å². The van der Waals surface area contributed by atoms with E-state index >= 15 is 0 Å². The first-order valence-corrected chi connectivity index (χ1v) is 8.49. The molecule has 1 amide bonds. The third-order valence-electron chi connectivity index (χ3n) is 3.76. The molecule has 0 fully saturated rings. The Kier molecular flexibility index (Phi) is 3.89. The molecule has 1 aliphatic heterocycles. The molecule has 8 heteroatoms. The van der Waals surface area contributed by atoms with Crippen LogP contribution in [-0.2, 0) is 6.54 Å². The van der Waals surface area contributed by atoms with Crippen molar-refractivity contribution in [1.82, 2.24) is 15.5 Å². The van der Waals surface area contributed by atoms with Gasteiger partial charge in [0.2, 0.25) is 6.79 Å². The molecule has 0 spiro atoms. The summed E-state index contributed by atoms with van der Waals surface area (Å²) in [4.78, 5) is 17.1. The zero-order valence-corrected chi connectivity index (χ0v) is 14.5. The maximum absolute atomic E-state index is 12.2. The van der Waals surface area contributed by atoms with Crippen molar-refractivity contribution in [3.05, 3.63) is 45.5 Å². The van der Waals surface area contributed by atoms with Gasteiger partial charge in [0.1, 0.15) is 10.6 Å². The average Bonchev–Trinajstić information content (AvgIpc) is 3.31. The highest BCUT2D eigenvalue weighted by Gasteiger charge is 2.17. The minimum atomic E-state index is -0.157. The van der Waals surface area contributed by atoms with Gasteiger partial charge in [0, 0.05) is 11.6 Å². The SMILES string of the molecule is Cc1nc(C)c(C(=O)NCc2cc(-c3ccc4c(c3)OCO4)on2)s1. The Balaban J connectivity index is 1.45. The first kappa shape index (κ1) is 15.6. The van der Waals surface area contributed by atoms with Crippen molar-refractivity contribution in [2.24, 2.45) is 0 Å². The van der Waals surface area contributed by atoms with Crippen LogP contribution in [0.4, 0.5) is 0 Å². The Morgan fingerprint density at radius 3 is 2.88 bits per heavy atom. The van der Waals surface area contributed by atoms with Gasteiger partial charge in [-0.05, 0) is 32.0 Å². The fourth-order valence-electron chi connectivity index (χ4n) is 2.57. The second-order valence-electron chi connectivity index (χ2n) is 5.58. The van der Waals surface area contributed by atoms with Gasteiger partial charge < -0.3 is 19.3 Å². The standard InChI is InChI=1S/C17H15N3O4S/c1-9-16(25-10(2)19-9)17(21)18-7-12-6-14(24-20-12)11-3-4-13-15(5-11)23-8-22-13/h3-6H,7-8H2,1-2H3,(H,18,21). The summed E-state index contributed by atoms with van der Waals surface area (Å²) in [6, 6.07) is 7.34. The van der Waals surface area contributed by atoms with Crippen molar-refractivity contribution >= 4 is 17.2 Å². The smallest absolute Gasteiger partial charge is 0.263 e. The number of benzene rings is 1. The van der Waals surface area contributed by atoms with E-state index in [1.165, 1.54) is 11.3 Å². The topological polar surface area (TPSA) is 86.5 Å². The first-order valence-electron chi connectivity index (χ1n) is 7.68. The van der Waals surface area contributed by atoms with Gasteiger partial charge in [-0.25, -0.2) is 4.98 Å². The van der Waals surface area contributed by atoms with Crippen LogP contribution in [0.15, 0.2) is 28.8 Å². The van der Waals surface area contributed by atoms with Gasteiger partial charge in [-0.3, -0.25) is 4.79 Å². The van der Waals surface area contributed by atoms with Gasteiger partial charge in [0.15, 0.2) is 17.3 Å². The molecule has 0 saturated heterocycles. The van der Waals surface area contributed by atoms with Gasteiger partial charge in [-0.2, -0.15) is 0 Å². The number of hydrogen-bond donors (Lipinski definition) is 1. The number of carbonyl (C=O) groups is 1. The number of nitrogens with zero attached hydrogens (tertiary/aromatic N) is 2. The van der Waals surface area contributed by atoms with E-state index in [9.17, 15) is 4.79 Å². The molecule has 0 unspecified atom stereocenters. The summed E-state index contributed by atoms with van der Waals surface area (Å²) in [6.45, 7) is 4.21. The normalized spacial score (nSPS) is 12.4. The fraction of sp³-hybridized carbons (Fsp3) is 0.235. The van der Waals surface area contributed by atoms with Gasteiger partial charge >= 0.3 is 0 Å². The Bertz CT molecular complexity index is 947. The van der Waals surface area contributed by atoms with Crippen molar-refractivity contribution in [2.45, 2.75) is 20.4 Å². The van der Waals surface area contributed by atoms with Crippen LogP contribution in [0.3, 0.4) is 0 Å². The van der Waals surface area contributed by atoms with Crippen LogP contribution < -0.4 is 14.8 Å². The monoisotopic (exact) mass is 357 g/mol. The lowest BCUT2D eigenvalue weighted by Gasteiger charge is -2.00. The van der Waals surface area contributed by atoms with E-state index in [0.717, 1.165) is 16.3 Å². The predicted molar refractivity (Wildman–Crippen MR) is 90.8 cm³/mol. The maximum atomic E-state index is 12.2. The van der Waals surface area contributed by atoms with Crippen molar-refractivity contribution in [2.75, 3.05) is 6.79 Å². The number of fused-ring (bicyclic) bond motifs is 1. The van der Waals surface area contributed by atoms with Crippen LogP contribution in [0.1, 0.15) is 26.1 Å². The molecule has 7 nitrogen and oxygen atoms in total. The van der Waals surface area contributed by atoms with Crippen LogP contribution in [0.25, 0.3) is 11.3 Å². The molecule has 3 aromatic rings. The fourth-order valence-corrected chi connectivity index (χ4v) is 3.41. The van der Waals surface area contributed by atoms with Crippen molar-refractivity contribution in [3.8, 4) is 22.8 Å². The van der Waals surface area contributed by atoms with E-state index in [2.05, 4.69) is 15.5 Å². The molecular formula is C17H15N3O4S. The van der Waals surface area contributed by atoms with Crippen LogP contribution in [0.2, 0.25) is 0 Å². The molecule has 3 heterocycles. The first-order chi connectivity index (χ1) is 12.1. The highest BCUT2D eigenvalue weighted by Crippen LogP contribution is 2.36. The van der Waals surface area contributed by atoms with Gasteiger partial charge in [0.05, 0.1) is 17.2 Å². The second kappa shape index (κ2) is 6.21. The highest BCUT2D eigenvalue weighted by atomic mass is 32.1. The van der Waals surface area contributed by atoms with Gasteiger partial charge in [0.25, 0.3) is 5.91 Å². The average molecular weight is 357 g/mol. The summed E-state index contributed by atoms with van der Waals surface area (Å²) >= 11 is 1.38.